The number of ether oxygens (including phenoxy) is 1. The Morgan fingerprint density at radius 1 is 1.36 bits per heavy atom. The summed E-state index contributed by atoms with van der Waals surface area (Å²) in [7, 11) is 1.56. The maximum Gasteiger partial charge on any atom is 0.165 e. The summed E-state index contributed by atoms with van der Waals surface area (Å²) in [6.45, 7) is 0. The molecule has 1 aromatic rings. The van der Waals surface area contributed by atoms with Crippen LogP contribution in [0.2, 0.25) is 0 Å². The molecule has 2 rings (SSSR count). The molecule has 0 heterocycles. The fraction of sp³-hybridized carbons (Fsp3) is 0.364. The van der Waals surface area contributed by atoms with Gasteiger partial charge in [0, 0.05) is 12.0 Å². The van der Waals surface area contributed by atoms with Crippen molar-refractivity contribution in [2.75, 3.05) is 12.8 Å². The molecule has 74 valence electrons. The third-order valence-corrected chi connectivity index (χ3v) is 2.64. The van der Waals surface area contributed by atoms with Crippen LogP contribution in [0.5, 0.6) is 5.75 Å². The first-order chi connectivity index (χ1) is 6.74. The first-order valence-corrected chi connectivity index (χ1v) is 4.72. The van der Waals surface area contributed by atoms with Crippen LogP contribution in [0.15, 0.2) is 12.1 Å². The van der Waals surface area contributed by atoms with Crippen LogP contribution in [0, 0.1) is 0 Å². The average Bonchev–Trinajstić information content (AvgIpc) is 2.18. The van der Waals surface area contributed by atoms with Gasteiger partial charge in [-0.3, -0.25) is 4.79 Å². The minimum Gasteiger partial charge on any atom is -0.495 e. The number of nitrogens with two attached hydrogens (primary N) is 1. The number of carbonyl (C=O) groups is 1. The lowest BCUT2D eigenvalue weighted by molar-refractivity contribution is 0.0973. The van der Waals surface area contributed by atoms with Gasteiger partial charge < -0.3 is 10.5 Å². The number of carbonyl (C=O) groups excluding carboxylic acids is 1. The molecule has 0 saturated heterocycles. The van der Waals surface area contributed by atoms with E-state index < -0.39 is 0 Å². The number of Topliss-reactive ketones (excluding diaryl/α,β-unsaturated/α-hetero) is 1. The molecule has 0 amide bonds. The lowest BCUT2D eigenvalue weighted by Gasteiger charge is -2.18. The summed E-state index contributed by atoms with van der Waals surface area (Å²) in [4.78, 5) is 11.6. The van der Waals surface area contributed by atoms with Crippen molar-refractivity contribution in [3.05, 3.63) is 23.3 Å². The zero-order chi connectivity index (χ0) is 10.1. The zero-order valence-electron chi connectivity index (χ0n) is 8.17. The molecule has 0 aliphatic heterocycles. The number of benzene rings is 1. The van der Waals surface area contributed by atoms with Gasteiger partial charge in [0.2, 0.25) is 0 Å². The minimum absolute atomic E-state index is 0.141. The van der Waals surface area contributed by atoms with Crippen LogP contribution in [0.1, 0.15) is 28.8 Å². The largest absolute Gasteiger partial charge is 0.495 e. The number of rotatable bonds is 1. The Balaban J connectivity index is 2.60. The third kappa shape index (κ3) is 1.25. The van der Waals surface area contributed by atoms with E-state index >= 15 is 0 Å². The topological polar surface area (TPSA) is 52.3 Å². The molecule has 0 fully saturated rings. The number of nitrogen functional groups attached to an aromatic ring is 1. The van der Waals surface area contributed by atoms with Crippen molar-refractivity contribution in [1.29, 1.82) is 0 Å². The van der Waals surface area contributed by atoms with Gasteiger partial charge in [-0.05, 0) is 24.5 Å². The molecule has 0 unspecified atom stereocenters. The van der Waals surface area contributed by atoms with Gasteiger partial charge in [0.05, 0.1) is 12.8 Å². The second-order valence-electron chi connectivity index (χ2n) is 3.49. The molecule has 0 bridgehead atoms. The van der Waals surface area contributed by atoms with Crippen molar-refractivity contribution >= 4 is 11.5 Å². The summed E-state index contributed by atoms with van der Waals surface area (Å²) < 4.78 is 5.08. The second kappa shape index (κ2) is 3.33. The summed E-state index contributed by atoms with van der Waals surface area (Å²) >= 11 is 0. The number of fused-ring (bicyclic) bond motifs is 1. The van der Waals surface area contributed by atoms with Crippen LogP contribution < -0.4 is 10.5 Å². The number of hydrogen-bond donors (Lipinski definition) is 1. The molecule has 0 radical (unpaired) electrons. The van der Waals surface area contributed by atoms with E-state index in [4.69, 9.17) is 10.5 Å². The molecule has 2 N–H and O–H groups in total. The van der Waals surface area contributed by atoms with Gasteiger partial charge in [-0.25, -0.2) is 0 Å². The number of anilines is 1. The summed E-state index contributed by atoms with van der Waals surface area (Å²) in [5.41, 5.74) is 8.09. The van der Waals surface area contributed by atoms with Gasteiger partial charge in [0.25, 0.3) is 0 Å². The van der Waals surface area contributed by atoms with E-state index in [0.717, 1.165) is 18.4 Å². The van der Waals surface area contributed by atoms with Crippen molar-refractivity contribution < 1.29 is 9.53 Å². The summed E-state index contributed by atoms with van der Waals surface area (Å²) in [5, 5.41) is 0. The highest BCUT2D eigenvalue weighted by Gasteiger charge is 2.21. The quantitative estimate of drug-likeness (QED) is 0.688. The highest BCUT2D eigenvalue weighted by atomic mass is 16.5. The Hall–Kier alpha value is -1.51. The SMILES string of the molecule is COc1ccc2c(c1N)C(=O)CCC2. The van der Waals surface area contributed by atoms with E-state index in [9.17, 15) is 4.79 Å². The van der Waals surface area contributed by atoms with E-state index in [2.05, 4.69) is 0 Å². The Morgan fingerprint density at radius 3 is 2.86 bits per heavy atom. The summed E-state index contributed by atoms with van der Waals surface area (Å²) in [6, 6.07) is 3.76. The lowest BCUT2D eigenvalue weighted by Crippen LogP contribution is -2.14. The Labute approximate surface area is 82.9 Å². The van der Waals surface area contributed by atoms with Crippen LogP contribution in [0.4, 0.5) is 5.69 Å². The first kappa shape index (κ1) is 9.06. The van der Waals surface area contributed by atoms with Crippen molar-refractivity contribution in [2.24, 2.45) is 0 Å². The van der Waals surface area contributed by atoms with Crippen LogP contribution in [0.3, 0.4) is 0 Å². The fourth-order valence-electron chi connectivity index (χ4n) is 1.93. The Bertz CT molecular complexity index is 385. The Morgan fingerprint density at radius 2 is 2.14 bits per heavy atom. The minimum atomic E-state index is 0.141. The smallest absolute Gasteiger partial charge is 0.165 e. The molecule has 14 heavy (non-hydrogen) atoms. The van der Waals surface area contributed by atoms with Crippen LogP contribution in [0.25, 0.3) is 0 Å². The molecule has 0 saturated carbocycles. The highest BCUT2D eigenvalue weighted by Crippen LogP contribution is 2.32. The van der Waals surface area contributed by atoms with Crippen molar-refractivity contribution in [2.45, 2.75) is 19.3 Å². The van der Waals surface area contributed by atoms with E-state index in [-0.39, 0.29) is 5.78 Å². The van der Waals surface area contributed by atoms with Crippen LogP contribution in [-0.4, -0.2) is 12.9 Å². The fourth-order valence-corrected chi connectivity index (χ4v) is 1.93. The van der Waals surface area contributed by atoms with Crippen molar-refractivity contribution in [3.8, 4) is 5.75 Å². The van der Waals surface area contributed by atoms with Gasteiger partial charge in [0.1, 0.15) is 5.75 Å². The number of methoxy groups -OCH3 is 1. The highest BCUT2D eigenvalue weighted by molar-refractivity contribution is 6.04. The number of ketones is 1. The van der Waals surface area contributed by atoms with Gasteiger partial charge in [-0.15, -0.1) is 0 Å². The molecule has 3 heteroatoms. The lowest BCUT2D eigenvalue weighted by atomic mass is 9.89. The predicted octanol–water partition coefficient (Wildman–Crippen LogP) is 1.80. The summed E-state index contributed by atoms with van der Waals surface area (Å²) in [5.74, 6) is 0.738. The molecule has 0 spiro atoms. The predicted molar refractivity (Wildman–Crippen MR) is 54.7 cm³/mol. The van der Waals surface area contributed by atoms with E-state index in [1.54, 1.807) is 7.11 Å². The molecule has 1 aliphatic rings. The van der Waals surface area contributed by atoms with Crippen LogP contribution >= 0.6 is 0 Å². The van der Waals surface area contributed by atoms with Gasteiger partial charge in [-0.1, -0.05) is 6.07 Å². The monoisotopic (exact) mass is 191 g/mol. The van der Waals surface area contributed by atoms with Crippen molar-refractivity contribution in [1.82, 2.24) is 0 Å². The standard InChI is InChI=1S/C11H13NO2/c1-14-9-6-5-7-3-2-4-8(13)10(7)11(9)12/h5-6H,2-4,12H2,1H3. The van der Waals surface area contributed by atoms with E-state index in [0.29, 0.717) is 23.4 Å². The molecule has 0 atom stereocenters. The average molecular weight is 191 g/mol. The van der Waals surface area contributed by atoms with Gasteiger partial charge in [0.15, 0.2) is 5.78 Å². The molecule has 3 nitrogen and oxygen atoms in total. The third-order valence-electron chi connectivity index (χ3n) is 2.64. The van der Waals surface area contributed by atoms with E-state index in [1.165, 1.54) is 0 Å². The number of hydrogen-bond acceptors (Lipinski definition) is 3. The van der Waals surface area contributed by atoms with Crippen molar-refractivity contribution in [3.63, 3.8) is 0 Å². The molecular formula is C11H13NO2. The zero-order valence-corrected chi connectivity index (χ0v) is 8.17. The molecule has 1 aromatic carbocycles. The van der Waals surface area contributed by atoms with Gasteiger partial charge >= 0.3 is 0 Å². The molecular weight excluding hydrogens is 178 g/mol. The molecule has 1 aliphatic carbocycles. The maximum absolute atomic E-state index is 11.6. The summed E-state index contributed by atoms with van der Waals surface area (Å²) in [6.07, 6.45) is 2.47. The molecule has 0 aromatic heterocycles. The maximum atomic E-state index is 11.6. The number of aryl methyl sites for hydroxylation is 1. The van der Waals surface area contributed by atoms with Gasteiger partial charge in [-0.2, -0.15) is 0 Å². The first-order valence-electron chi connectivity index (χ1n) is 4.72. The van der Waals surface area contributed by atoms with Crippen LogP contribution in [-0.2, 0) is 6.42 Å². The second-order valence-corrected chi connectivity index (χ2v) is 3.49. The normalized spacial score (nSPS) is 15.1. The Kier molecular flexibility index (Phi) is 2.15. The van der Waals surface area contributed by atoms with E-state index in [1.807, 2.05) is 12.1 Å².